The average Bonchev–Trinajstić information content (AvgIpc) is 2.84. The van der Waals surface area contributed by atoms with E-state index in [1.165, 1.54) is 6.33 Å². The van der Waals surface area contributed by atoms with Crippen LogP contribution < -0.4 is 16.8 Å². The van der Waals surface area contributed by atoms with Crippen LogP contribution in [0.5, 0.6) is 0 Å². The van der Waals surface area contributed by atoms with Crippen LogP contribution in [0.15, 0.2) is 17.4 Å². The van der Waals surface area contributed by atoms with Gasteiger partial charge in [-0.3, -0.25) is 9.78 Å². The van der Waals surface area contributed by atoms with Gasteiger partial charge >= 0.3 is 0 Å². The Hall–Kier alpha value is -2.63. The number of hydroxylamine groups is 1. The molecule has 2 rings (SSSR count). The molecular formula is C9H12N6O5. The summed E-state index contributed by atoms with van der Waals surface area (Å²) in [7, 11) is 0. The third-order valence-corrected chi connectivity index (χ3v) is 2.35. The van der Waals surface area contributed by atoms with Crippen molar-refractivity contribution < 1.29 is 20.2 Å². The van der Waals surface area contributed by atoms with Gasteiger partial charge in [0.15, 0.2) is 17.4 Å². The van der Waals surface area contributed by atoms with Crippen molar-refractivity contribution in [2.24, 2.45) is 0 Å². The first-order valence-corrected chi connectivity index (χ1v) is 5.35. The van der Waals surface area contributed by atoms with Crippen LogP contribution in [0.25, 0.3) is 17.0 Å². The highest BCUT2D eigenvalue weighted by molar-refractivity contribution is 5.73. The summed E-state index contributed by atoms with van der Waals surface area (Å²) in [5, 5.41) is 26.8. The molecule has 108 valence electrons. The van der Waals surface area contributed by atoms with Gasteiger partial charge in [0, 0.05) is 0 Å². The van der Waals surface area contributed by atoms with Gasteiger partial charge in [-0.1, -0.05) is 0 Å². The average molecular weight is 284 g/mol. The predicted octanol–water partition coefficient (Wildman–Crippen LogP) is -1.67. The molecule has 1 unspecified atom stereocenters. The van der Waals surface area contributed by atoms with E-state index in [9.17, 15) is 4.79 Å². The van der Waals surface area contributed by atoms with Crippen molar-refractivity contribution >= 4 is 23.0 Å². The number of imidazole rings is 1. The number of nitrogens with zero attached hydrogens (tertiary/aromatic N) is 3. The maximum Gasteiger partial charge on any atom is 0.280 e. The quantitative estimate of drug-likeness (QED) is 0.213. The fourth-order valence-corrected chi connectivity index (χ4v) is 1.49. The first kappa shape index (κ1) is 13.8. The number of aromatic amines is 1. The molecule has 0 spiro atoms. The number of aliphatic hydroxyl groups excluding tert-OH is 2. The van der Waals surface area contributed by atoms with Crippen LogP contribution in [-0.2, 0) is 4.74 Å². The fourth-order valence-electron chi connectivity index (χ4n) is 1.49. The van der Waals surface area contributed by atoms with Crippen LogP contribution in [0.4, 0.5) is 5.95 Å². The van der Waals surface area contributed by atoms with E-state index < -0.39 is 18.4 Å². The zero-order valence-corrected chi connectivity index (χ0v) is 10.0. The first-order chi connectivity index (χ1) is 9.60. The zero-order chi connectivity index (χ0) is 14.7. The molecule has 1 atom stereocenters. The summed E-state index contributed by atoms with van der Waals surface area (Å²) in [5.74, 6) is -0.369. The maximum atomic E-state index is 11.6. The molecule has 0 amide bonds. The second-order valence-electron chi connectivity index (χ2n) is 3.62. The molecule has 11 heteroatoms. The van der Waals surface area contributed by atoms with E-state index in [0.717, 1.165) is 4.57 Å². The molecule has 11 nitrogen and oxygen atoms in total. The van der Waals surface area contributed by atoms with E-state index in [2.05, 4.69) is 15.0 Å². The molecule has 0 saturated heterocycles. The molecular weight excluding hydrogens is 272 g/mol. The van der Waals surface area contributed by atoms with Gasteiger partial charge in [-0.2, -0.15) is 10.5 Å². The lowest BCUT2D eigenvalue weighted by molar-refractivity contribution is -0.0337. The van der Waals surface area contributed by atoms with Crippen LogP contribution in [0, 0.1) is 0 Å². The zero-order valence-electron chi connectivity index (χ0n) is 10.0. The van der Waals surface area contributed by atoms with E-state index in [0.29, 0.717) is 6.26 Å². The Kier molecular flexibility index (Phi) is 3.84. The van der Waals surface area contributed by atoms with Gasteiger partial charge in [-0.05, 0) is 0 Å². The third kappa shape index (κ3) is 2.40. The minimum Gasteiger partial charge on any atom is -0.510 e. The number of rotatable bonds is 5. The Morgan fingerprint density at radius 1 is 1.70 bits per heavy atom. The summed E-state index contributed by atoms with van der Waals surface area (Å²) < 4.78 is 6.19. The molecule has 0 bridgehead atoms. The molecule has 20 heavy (non-hydrogen) atoms. The lowest BCUT2D eigenvalue weighted by Gasteiger charge is -2.16. The number of nitrogen functional groups attached to an aromatic ring is 1. The minimum atomic E-state index is -1.19. The van der Waals surface area contributed by atoms with Gasteiger partial charge < -0.3 is 25.9 Å². The van der Waals surface area contributed by atoms with Crippen LogP contribution in [-0.4, -0.2) is 47.8 Å². The van der Waals surface area contributed by atoms with Gasteiger partial charge in [-0.15, -0.1) is 0 Å². The van der Waals surface area contributed by atoms with Gasteiger partial charge in [-0.25, -0.2) is 9.55 Å². The smallest absolute Gasteiger partial charge is 0.280 e. The Morgan fingerprint density at radius 2 is 2.45 bits per heavy atom. The molecule has 2 aromatic rings. The monoisotopic (exact) mass is 284 g/mol. The number of hydrogen-bond donors (Lipinski definition) is 6. The Labute approximate surface area is 110 Å². The number of H-pyrrole nitrogens is 1. The highest BCUT2D eigenvalue weighted by Gasteiger charge is 2.16. The molecule has 0 aliphatic carbocycles. The van der Waals surface area contributed by atoms with Crippen molar-refractivity contribution in [3.63, 3.8) is 0 Å². The normalized spacial score (nSPS) is 13.6. The number of nitrogens with one attached hydrogen (secondary N) is 2. The molecule has 7 N–H and O–H groups in total. The van der Waals surface area contributed by atoms with Crippen molar-refractivity contribution in [3.8, 4) is 0 Å². The number of aliphatic hydroxyl groups is 2. The molecule has 0 radical (unpaired) electrons. The summed E-state index contributed by atoms with van der Waals surface area (Å²) in [5.41, 5.74) is 6.58. The second kappa shape index (κ2) is 5.56. The molecule has 0 aliphatic rings. The summed E-state index contributed by atoms with van der Waals surface area (Å²) in [6, 6.07) is 0. The largest absolute Gasteiger partial charge is 0.510 e. The lowest BCUT2D eigenvalue weighted by Crippen LogP contribution is -2.32. The molecule has 0 aromatic carbocycles. The van der Waals surface area contributed by atoms with E-state index in [4.69, 9.17) is 25.9 Å². The number of anilines is 1. The van der Waals surface area contributed by atoms with Crippen molar-refractivity contribution in [2.75, 3.05) is 12.3 Å². The number of aromatic nitrogens is 4. The molecule has 0 aliphatic heterocycles. The molecule has 2 aromatic heterocycles. The van der Waals surface area contributed by atoms with E-state index in [-0.39, 0.29) is 23.0 Å². The topological polar surface area (TPSA) is 172 Å². The predicted molar refractivity (Wildman–Crippen MR) is 66.3 cm³/mol. The van der Waals surface area contributed by atoms with Crippen molar-refractivity contribution in [1.82, 2.24) is 25.0 Å². The highest BCUT2D eigenvalue weighted by atomic mass is 16.6. The summed E-state index contributed by atoms with van der Waals surface area (Å²) in [6.07, 6.45) is 0.533. The van der Waals surface area contributed by atoms with Gasteiger partial charge in [0.1, 0.15) is 12.6 Å². The molecule has 0 saturated carbocycles. The maximum absolute atomic E-state index is 11.6. The molecule has 0 fully saturated rings. The molecule has 2 heterocycles. The number of nitrogens with two attached hydrogens (primary N) is 1. The Morgan fingerprint density at radius 3 is 3.05 bits per heavy atom. The standard InChI is InChI=1S/C9H12N6O5/c10-9-12-7-6(8(18)13-9)11-3-15(7)5(2-17)20-4(1-16)14-19/h2-4,14,16-17,19H,1H2,(H3,10,12,13,18)/b5-2+. The summed E-state index contributed by atoms with van der Waals surface area (Å²) in [6.45, 7) is -0.573. The van der Waals surface area contributed by atoms with Gasteiger partial charge in [0.05, 0.1) is 6.61 Å². The van der Waals surface area contributed by atoms with Gasteiger partial charge in [0.25, 0.3) is 5.56 Å². The summed E-state index contributed by atoms with van der Waals surface area (Å²) >= 11 is 0. The van der Waals surface area contributed by atoms with Crippen LogP contribution in [0.1, 0.15) is 0 Å². The lowest BCUT2D eigenvalue weighted by atomic mass is 10.5. The summed E-state index contributed by atoms with van der Waals surface area (Å²) in [4.78, 5) is 21.5. The van der Waals surface area contributed by atoms with Crippen LogP contribution in [0.2, 0.25) is 0 Å². The first-order valence-electron chi connectivity index (χ1n) is 5.35. The Bertz CT molecular complexity index is 688. The third-order valence-electron chi connectivity index (χ3n) is 2.35. The SMILES string of the molecule is Nc1nc2c(ncn2/C(=C\O)OC(CO)NO)c(=O)[nH]1. The van der Waals surface area contributed by atoms with E-state index >= 15 is 0 Å². The number of hydrogen-bond acceptors (Lipinski definition) is 9. The highest BCUT2D eigenvalue weighted by Crippen LogP contribution is 2.14. The van der Waals surface area contributed by atoms with Crippen molar-refractivity contribution in [1.29, 1.82) is 0 Å². The minimum absolute atomic E-state index is 0.0142. The van der Waals surface area contributed by atoms with Gasteiger partial charge in [0.2, 0.25) is 11.8 Å². The van der Waals surface area contributed by atoms with E-state index in [1.54, 1.807) is 5.48 Å². The number of ether oxygens (including phenoxy) is 1. The number of fused-ring (bicyclic) bond motifs is 1. The van der Waals surface area contributed by atoms with Crippen LogP contribution >= 0.6 is 0 Å². The second-order valence-corrected chi connectivity index (χ2v) is 3.62. The van der Waals surface area contributed by atoms with Crippen molar-refractivity contribution in [2.45, 2.75) is 6.23 Å². The van der Waals surface area contributed by atoms with E-state index in [1.807, 2.05) is 0 Å². The Balaban J connectivity index is 2.48. The van der Waals surface area contributed by atoms with Crippen LogP contribution in [0.3, 0.4) is 0 Å². The van der Waals surface area contributed by atoms with Crippen molar-refractivity contribution in [3.05, 3.63) is 22.9 Å². The fraction of sp³-hybridized carbons (Fsp3) is 0.222.